The second kappa shape index (κ2) is 2.84. The predicted molar refractivity (Wildman–Crippen MR) is 54.5 cm³/mol. The maximum atomic E-state index is 2.77. The van der Waals surface area contributed by atoms with Crippen molar-refractivity contribution < 1.29 is 0 Å². The zero-order valence-corrected chi connectivity index (χ0v) is 8.45. The lowest BCUT2D eigenvalue weighted by Gasteiger charge is -2.31. The second-order valence-electron chi connectivity index (χ2n) is 5.13. The molecule has 0 aromatic heterocycles. The Labute approximate surface area is 80.8 Å². The third-order valence-electron chi connectivity index (χ3n) is 4.18. The average molecular weight is 177 g/mol. The van der Waals surface area contributed by atoms with Crippen molar-refractivity contribution in [1.82, 2.24) is 4.90 Å². The van der Waals surface area contributed by atoms with Gasteiger partial charge in [0.15, 0.2) is 0 Å². The van der Waals surface area contributed by atoms with Gasteiger partial charge < -0.3 is 0 Å². The number of hydrogen-bond donors (Lipinski definition) is 0. The normalized spacial score (nSPS) is 48.4. The van der Waals surface area contributed by atoms with E-state index in [2.05, 4.69) is 24.0 Å². The van der Waals surface area contributed by atoms with Crippen LogP contribution in [-0.2, 0) is 0 Å². The molecular weight excluding hydrogens is 158 g/mol. The lowest BCUT2D eigenvalue weighted by molar-refractivity contribution is 0.197. The van der Waals surface area contributed by atoms with E-state index in [-0.39, 0.29) is 0 Å². The molecule has 4 atom stereocenters. The van der Waals surface area contributed by atoms with Gasteiger partial charge in [0.1, 0.15) is 0 Å². The number of hydrogen-bond acceptors (Lipinski definition) is 1. The molecule has 3 rings (SSSR count). The molecule has 0 aromatic carbocycles. The smallest absolute Gasteiger partial charge is 0.0281 e. The van der Waals surface area contributed by atoms with Crippen molar-refractivity contribution in [2.45, 2.75) is 44.7 Å². The Hall–Kier alpha value is -0.300. The van der Waals surface area contributed by atoms with E-state index in [0.29, 0.717) is 0 Å². The number of nitrogens with zero attached hydrogens (tertiary/aromatic N) is 1. The van der Waals surface area contributed by atoms with Crippen LogP contribution in [0, 0.1) is 11.8 Å². The van der Waals surface area contributed by atoms with Crippen LogP contribution in [0.25, 0.3) is 0 Å². The molecular formula is C12H19N. The summed E-state index contributed by atoms with van der Waals surface area (Å²) in [7, 11) is 0. The summed E-state index contributed by atoms with van der Waals surface area (Å²) in [5, 5.41) is 0. The molecule has 0 radical (unpaired) electrons. The van der Waals surface area contributed by atoms with Crippen LogP contribution >= 0.6 is 0 Å². The van der Waals surface area contributed by atoms with Gasteiger partial charge in [-0.2, -0.15) is 0 Å². The van der Waals surface area contributed by atoms with E-state index in [0.717, 1.165) is 23.9 Å². The van der Waals surface area contributed by atoms with E-state index in [4.69, 9.17) is 0 Å². The van der Waals surface area contributed by atoms with Crippen molar-refractivity contribution in [3.05, 3.63) is 12.2 Å². The SMILES string of the molecule is CC1CC1CN1C2C=CCC1CC2. The fourth-order valence-electron chi connectivity index (χ4n) is 3.03. The minimum absolute atomic E-state index is 0.812. The van der Waals surface area contributed by atoms with Crippen molar-refractivity contribution in [2.75, 3.05) is 6.54 Å². The Balaban J connectivity index is 1.67. The van der Waals surface area contributed by atoms with Crippen molar-refractivity contribution in [3.8, 4) is 0 Å². The Morgan fingerprint density at radius 1 is 1.38 bits per heavy atom. The van der Waals surface area contributed by atoms with Gasteiger partial charge in [-0.05, 0) is 37.5 Å². The topological polar surface area (TPSA) is 3.24 Å². The van der Waals surface area contributed by atoms with Crippen LogP contribution in [0.4, 0.5) is 0 Å². The first-order chi connectivity index (χ1) is 6.34. The van der Waals surface area contributed by atoms with Crippen LogP contribution in [0.1, 0.15) is 32.6 Å². The van der Waals surface area contributed by atoms with Crippen LogP contribution in [0.2, 0.25) is 0 Å². The fourth-order valence-corrected chi connectivity index (χ4v) is 3.03. The first-order valence-corrected chi connectivity index (χ1v) is 5.77. The maximum Gasteiger partial charge on any atom is 0.0281 e. The molecule has 1 nitrogen and oxygen atoms in total. The van der Waals surface area contributed by atoms with Crippen LogP contribution in [0.15, 0.2) is 12.2 Å². The summed E-state index contributed by atoms with van der Waals surface area (Å²) in [6.45, 7) is 3.78. The molecule has 2 aliphatic heterocycles. The molecule has 0 spiro atoms. The molecule has 0 amide bonds. The van der Waals surface area contributed by atoms with Crippen molar-refractivity contribution >= 4 is 0 Å². The summed E-state index contributed by atoms with van der Waals surface area (Å²) in [4.78, 5) is 2.77. The van der Waals surface area contributed by atoms with Crippen LogP contribution < -0.4 is 0 Å². The average Bonchev–Trinajstić information content (AvgIpc) is 2.76. The second-order valence-corrected chi connectivity index (χ2v) is 5.13. The molecule has 2 fully saturated rings. The van der Waals surface area contributed by atoms with Gasteiger partial charge >= 0.3 is 0 Å². The monoisotopic (exact) mass is 177 g/mol. The Morgan fingerprint density at radius 2 is 2.23 bits per heavy atom. The van der Waals surface area contributed by atoms with E-state index in [1.54, 1.807) is 0 Å². The summed E-state index contributed by atoms with van der Waals surface area (Å²) in [6, 6.07) is 1.72. The van der Waals surface area contributed by atoms with Crippen molar-refractivity contribution in [1.29, 1.82) is 0 Å². The lowest BCUT2D eigenvalue weighted by Crippen LogP contribution is -2.38. The van der Waals surface area contributed by atoms with Gasteiger partial charge in [-0.25, -0.2) is 0 Å². The van der Waals surface area contributed by atoms with Gasteiger partial charge in [0.05, 0.1) is 0 Å². The molecule has 72 valence electrons. The predicted octanol–water partition coefficient (Wildman–Crippen LogP) is 2.44. The highest BCUT2D eigenvalue weighted by Crippen LogP contribution is 2.41. The summed E-state index contributed by atoms with van der Waals surface area (Å²) >= 11 is 0. The van der Waals surface area contributed by atoms with Crippen molar-refractivity contribution in [3.63, 3.8) is 0 Å². The molecule has 1 heteroatoms. The Kier molecular flexibility index (Phi) is 1.76. The maximum absolute atomic E-state index is 2.77. The molecule has 13 heavy (non-hydrogen) atoms. The summed E-state index contributed by atoms with van der Waals surface area (Å²) in [5.74, 6) is 2.06. The van der Waals surface area contributed by atoms with E-state index >= 15 is 0 Å². The molecule has 0 N–H and O–H groups in total. The highest BCUT2D eigenvalue weighted by molar-refractivity contribution is 5.09. The fraction of sp³-hybridized carbons (Fsp3) is 0.833. The molecule has 1 saturated carbocycles. The van der Waals surface area contributed by atoms with Gasteiger partial charge in [0.2, 0.25) is 0 Å². The van der Waals surface area contributed by atoms with Crippen LogP contribution in [-0.4, -0.2) is 23.5 Å². The van der Waals surface area contributed by atoms with Gasteiger partial charge in [-0.15, -0.1) is 0 Å². The van der Waals surface area contributed by atoms with E-state index in [9.17, 15) is 0 Å². The van der Waals surface area contributed by atoms with E-state index in [1.165, 1.54) is 32.2 Å². The number of rotatable bonds is 2. The standard InChI is InChI=1S/C12H19N/c1-9-7-10(9)8-13-11-3-2-4-12(13)6-5-11/h2-3,9-12H,4-8H2,1H3. The third-order valence-corrected chi connectivity index (χ3v) is 4.18. The zero-order valence-electron chi connectivity index (χ0n) is 8.45. The molecule has 2 bridgehead atoms. The molecule has 1 aliphatic carbocycles. The van der Waals surface area contributed by atoms with Crippen molar-refractivity contribution in [2.24, 2.45) is 11.8 Å². The van der Waals surface area contributed by atoms with Gasteiger partial charge in [-0.1, -0.05) is 19.1 Å². The van der Waals surface area contributed by atoms with Gasteiger partial charge in [0.25, 0.3) is 0 Å². The molecule has 0 aromatic rings. The first-order valence-electron chi connectivity index (χ1n) is 5.77. The molecule has 4 unspecified atom stereocenters. The quantitative estimate of drug-likeness (QED) is 0.586. The van der Waals surface area contributed by atoms with Gasteiger partial charge in [0, 0.05) is 18.6 Å². The van der Waals surface area contributed by atoms with Crippen LogP contribution in [0.5, 0.6) is 0 Å². The summed E-state index contributed by atoms with van der Waals surface area (Å²) in [6.07, 6.45) is 10.5. The minimum atomic E-state index is 0.812. The molecule has 2 heterocycles. The first kappa shape index (κ1) is 8.05. The highest BCUT2D eigenvalue weighted by atomic mass is 15.2. The highest BCUT2D eigenvalue weighted by Gasteiger charge is 2.40. The Bertz CT molecular complexity index is 233. The Morgan fingerprint density at radius 3 is 2.92 bits per heavy atom. The van der Waals surface area contributed by atoms with E-state index in [1.807, 2.05) is 0 Å². The summed E-state index contributed by atoms with van der Waals surface area (Å²) < 4.78 is 0. The van der Waals surface area contributed by atoms with Gasteiger partial charge in [-0.3, -0.25) is 4.90 Å². The van der Waals surface area contributed by atoms with Crippen LogP contribution in [0.3, 0.4) is 0 Å². The largest absolute Gasteiger partial charge is 0.293 e. The zero-order chi connectivity index (χ0) is 8.84. The van der Waals surface area contributed by atoms with E-state index < -0.39 is 0 Å². The molecule has 1 saturated heterocycles. The minimum Gasteiger partial charge on any atom is -0.293 e. The summed E-state index contributed by atoms with van der Waals surface area (Å²) in [5.41, 5.74) is 0. The number of fused-ring (bicyclic) bond motifs is 2. The third kappa shape index (κ3) is 1.34. The lowest BCUT2D eigenvalue weighted by atomic mass is 10.1. The molecule has 3 aliphatic rings.